The summed E-state index contributed by atoms with van der Waals surface area (Å²) in [7, 11) is -3.48. The van der Waals surface area contributed by atoms with Crippen LogP contribution in [0.3, 0.4) is 0 Å². The zero-order valence-corrected chi connectivity index (χ0v) is 19.3. The van der Waals surface area contributed by atoms with E-state index in [1.54, 1.807) is 4.90 Å². The van der Waals surface area contributed by atoms with Gasteiger partial charge in [0.2, 0.25) is 15.9 Å². The largest absolute Gasteiger partial charge is 0.352 e. The number of carbonyl (C=O) groups excluding carboxylic acids is 2. The van der Waals surface area contributed by atoms with Crippen LogP contribution in [0.1, 0.15) is 80.4 Å². The molecule has 0 aliphatic carbocycles. The van der Waals surface area contributed by atoms with E-state index in [1.807, 2.05) is 32.0 Å². The van der Waals surface area contributed by atoms with Gasteiger partial charge in [0.1, 0.15) is 6.04 Å². The lowest BCUT2D eigenvalue weighted by Gasteiger charge is -2.26. The van der Waals surface area contributed by atoms with Crippen LogP contribution in [0.2, 0.25) is 0 Å². The highest BCUT2D eigenvalue weighted by Gasteiger charge is 2.40. The van der Waals surface area contributed by atoms with Gasteiger partial charge in [0, 0.05) is 18.2 Å². The number of unbranched alkanes of at least 4 members (excludes halogenated alkanes) is 2. The number of benzene rings is 1. The molecule has 2 amide bonds. The van der Waals surface area contributed by atoms with Gasteiger partial charge in [0.05, 0.1) is 5.75 Å². The van der Waals surface area contributed by atoms with Crippen LogP contribution in [0.4, 0.5) is 0 Å². The van der Waals surface area contributed by atoms with E-state index >= 15 is 0 Å². The van der Waals surface area contributed by atoms with Crippen molar-refractivity contribution >= 4 is 21.8 Å². The van der Waals surface area contributed by atoms with E-state index in [-0.39, 0.29) is 23.6 Å². The standard InChI is InChI=1S/C22H35N3O4S/c1-15(2)8-10-17(4)24-21(26)20-18-11-9-16(3)14-19(18)22(27)25(20)12-6-5-7-13-30(23,28)29/h9,11,14-15,17,20H,5-8,10,12-13H2,1-4H3,(H,24,26)(H2,23,28,29). The first-order chi connectivity index (χ1) is 14.0. The van der Waals surface area contributed by atoms with Crippen LogP contribution >= 0.6 is 0 Å². The second-order valence-corrected chi connectivity index (χ2v) is 10.5. The lowest BCUT2D eigenvalue weighted by molar-refractivity contribution is -0.126. The number of hydrogen-bond acceptors (Lipinski definition) is 4. The summed E-state index contributed by atoms with van der Waals surface area (Å²) in [5, 5.41) is 8.12. The normalized spacial score (nSPS) is 17.3. The number of nitrogens with zero attached hydrogens (tertiary/aromatic N) is 1. The molecule has 0 spiro atoms. The number of fused-ring (bicyclic) bond motifs is 1. The first kappa shape index (κ1) is 24.3. The van der Waals surface area contributed by atoms with E-state index in [4.69, 9.17) is 5.14 Å². The predicted octanol–water partition coefficient (Wildman–Crippen LogP) is 2.89. The van der Waals surface area contributed by atoms with Crippen LogP contribution in [-0.4, -0.2) is 43.5 Å². The van der Waals surface area contributed by atoms with Gasteiger partial charge >= 0.3 is 0 Å². The molecule has 2 unspecified atom stereocenters. The number of sulfonamides is 1. The Balaban J connectivity index is 2.09. The van der Waals surface area contributed by atoms with Crippen molar-refractivity contribution < 1.29 is 18.0 Å². The van der Waals surface area contributed by atoms with Crippen molar-refractivity contribution in [3.63, 3.8) is 0 Å². The van der Waals surface area contributed by atoms with Crippen molar-refractivity contribution in [2.24, 2.45) is 11.1 Å². The van der Waals surface area contributed by atoms with E-state index in [0.717, 1.165) is 24.0 Å². The van der Waals surface area contributed by atoms with Crippen LogP contribution in [0.25, 0.3) is 0 Å². The summed E-state index contributed by atoms with van der Waals surface area (Å²) < 4.78 is 22.2. The van der Waals surface area contributed by atoms with Crippen molar-refractivity contribution in [2.45, 2.75) is 71.9 Å². The molecule has 0 saturated heterocycles. The highest BCUT2D eigenvalue weighted by molar-refractivity contribution is 7.89. The SMILES string of the molecule is Cc1ccc2c(c1)C(=O)N(CCCCCS(N)(=O)=O)C2C(=O)NC(C)CCC(C)C. The number of amides is 2. The fourth-order valence-corrected chi connectivity index (χ4v) is 4.39. The van der Waals surface area contributed by atoms with Crippen LogP contribution in [0.15, 0.2) is 18.2 Å². The molecule has 1 aromatic rings. The Kier molecular flexibility index (Phi) is 8.43. The maximum Gasteiger partial charge on any atom is 0.255 e. The Labute approximate surface area is 180 Å². The molecule has 0 bridgehead atoms. The number of primary sulfonamides is 1. The number of rotatable bonds is 11. The van der Waals surface area contributed by atoms with E-state index < -0.39 is 16.1 Å². The minimum absolute atomic E-state index is 0.0288. The first-order valence-corrected chi connectivity index (χ1v) is 12.4. The van der Waals surface area contributed by atoms with Crippen molar-refractivity contribution in [2.75, 3.05) is 12.3 Å². The predicted molar refractivity (Wildman–Crippen MR) is 118 cm³/mol. The van der Waals surface area contributed by atoms with Crippen LogP contribution in [0.5, 0.6) is 0 Å². The molecule has 2 atom stereocenters. The molecule has 30 heavy (non-hydrogen) atoms. The monoisotopic (exact) mass is 437 g/mol. The van der Waals surface area contributed by atoms with Gasteiger partial charge in [-0.1, -0.05) is 38.0 Å². The van der Waals surface area contributed by atoms with Gasteiger partial charge < -0.3 is 10.2 Å². The van der Waals surface area contributed by atoms with Crippen molar-refractivity contribution in [1.82, 2.24) is 10.2 Å². The Hall–Kier alpha value is -1.93. The lowest BCUT2D eigenvalue weighted by Crippen LogP contribution is -2.42. The van der Waals surface area contributed by atoms with Gasteiger partial charge in [-0.3, -0.25) is 9.59 Å². The summed E-state index contributed by atoms with van der Waals surface area (Å²) in [4.78, 5) is 27.8. The van der Waals surface area contributed by atoms with Crippen molar-refractivity contribution in [1.29, 1.82) is 0 Å². The molecule has 1 aliphatic heterocycles. The number of hydrogen-bond donors (Lipinski definition) is 2. The molecule has 2 rings (SSSR count). The van der Waals surface area contributed by atoms with Gasteiger partial charge in [-0.2, -0.15) is 0 Å². The van der Waals surface area contributed by atoms with E-state index in [1.165, 1.54) is 0 Å². The summed E-state index contributed by atoms with van der Waals surface area (Å²) in [5.41, 5.74) is 2.29. The smallest absolute Gasteiger partial charge is 0.255 e. The summed E-state index contributed by atoms with van der Waals surface area (Å²) in [6, 6.07) is 5.01. The minimum atomic E-state index is -3.48. The average Bonchev–Trinajstić information content (AvgIpc) is 2.90. The molecule has 168 valence electrons. The van der Waals surface area contributed by atoms with Crippen LogP contribution in [0, 0.1) is 12.8 Å². The lowest BCUT2D eigenvalue weighted by atomic mass is 10.0. The molecule has 1 heterocycles. The number of nitrogens with one attached hydrogen (secondary N) is 1. The summed E-state index contributed by atoms with van der Waals surface area (Å²) in [6.45, 7) is 8.62. The molecule has 7 nitrogen and oxygen atoms in total. The third-order valence-electron chi connectivity index (χ3n) is 5.45. The second kappa shape index (κ2) is 10.4. The fourth-order valence-electron chi connectivity index (χ4n) is 3.79. The highest BCUT2D eigenvalue weighted by atomic mass is 32.2. The number of nitrogens with two attached hydrogens (primary N) is 1. The van der Waals surface area contributed by atoms with E-state index in [9.17, 15) is 18.0 Å². The first-order valence-electron chi connectivity index (χ1n) is 10.7. The summed E-state index contributed by atoms with van der Waals surface area (Å²) in [6.07, 6.45) is 3.58. The molecular formula is C22H35N3O4S. The Morgan fingerprint density at radius 3 is 2.50 bits per heavy atom. The molecular weight excluding hydrogens is 402 g/mol. The summed E-state index contributed by atoms with van der Waals surface area (Å²) >= 11 is 0. The van der Waals surface area contributed by atoms with Crippen LogP contribution < -0.4 is 10.5 Å². The fraction of sp³-hybridized carbons (Fsp3) is 0.636. The third-order valence-corrected chi connectivity index (χ3v) is 6.31. The maximum absolute atomic E-state index is 13.1. The number of carbonyl (C=O) groups is 2. The zero-order valence-electron chi connectivity index (χ0n) is 18.5. The molecule has 3 N–H and O–H groups in total. The Morgan fingerprint density at radius 1 is 1.17 bits per heavy atom. The highest BCUT2D eigenvalue weighted by Crippen LogP contribution is 2.35. The van der Waals surface area contributed by atoms with E-state index in [0.29, 0.717) is 37.3 Å². The van der Waals surface area contributed by atoms with Crippen molar-refractivity contribution in [3.8, 4) is 0 Å². The van der Waals surface area contributed by atoms with Gasteiger partial charge in [-0.25, -0.2) is 13.6 Å². The molecule has 1 aliphatic rings. The number of aryl methyl sites for hydroxylation is 1. The van der Waals surface area contributed by atoms with Gasteiger partial charge in [0.25, 0.3) is 5.91 Å². The Morgan fingerprint density at radius 2 is 1.87 bits per heavy atom. The molecule has 0 radical (unpaired) electrons. The average molecular weight is 438 g/mol. The van der Waals surface area contributed by atoms with Crippen molar-refractivity contribution in [3.05, 3.63) is 34.9 Å². The molecule has 8 heteroatoms. The maximum atomic E-state index is 13.1. The quantitative estimate of drug-likeness (QED) is 0.519. The molecule has 0 fully saturated rings. The van der Waals surface area contributed by atoms with E-state index in [2.05, 4.69) is 19.2 Å². The molecule has 1 aromatic carbocycles. The van der Waals surface area contributed by atoms with Gasteiger partial charge in [-0.15, -0.1) is 0 Å². The topological polar surface area (TPSA) is 110 Å². The van der Waals surface area contributed by atoms with Crippen LogP contribution in [-0.2, 0) is 14.8 Å². The molecule has 0 aromatic heterocycles. The van der Waals surface area contributed by atoms with Gasteiger partial charge in [-0.05, 0) is 57.1 Å². The third kappa shape index (κ3) is 6.80. The Bertz CT molecular complexity index is 867. The second-order valence-electron chi connectivity index (χ2n) is 8.80. The summed E-state index contributed by atoms with van der Waals surface area (Å²) in [5.74, 6) is 0.189. The molecule has 0 saturated carbocycles. The minimum Gasteiger partial charge on any atom is -0.352 e. The zero-order chi connectivity index (χ0) is 22.5. The van der Waals surface area contributed by atoms with Gasteiger partial charge in [0.15, 0.2) is 0 Å².